The summed E-state index contributed by atoms with van der Waals surface area (Å²) in [6, 6.07) is 3.02. The molecule has 3 amide bonds. The molecule has 1 aromatic rings. The van der Waals surface area contributed by atoms with E-state index in [2.05, 4.69) is 10.4 Å². The van der Waals surface area contributed by atoms with E-state index in [1.807, 2.05) is 0 Å². The number of imide groups is 1. The van der Waals surface area contributed by atoms with Crippen LogP contribution in [0.5, 0.6) is 0 Å². The maximum Gasteiger partial charge on any atom is 0.266 e. The molecule has 0 atom stereocenters. The number of carbonyl (C=O) groups excluding carboxylic acids is 3. The average Bonchev–Trinajstić information content (AvgIpc) is 2.74. The maximum atomic E-state index is 11.7. The first kappa shape index (κ1) is 14.9. The fourth-order valence-electron chi connectivity index (χ4n) is 2.01. The molecule has 0 saturated carbocycles. The summed E-state index contributed by atoms with van der Waals surface area (Å²) in [4.78, 5) is 46.9. The third-order valence-electron chi connectivity index (χ3n) is 3.10. The van der Waals surface area contributed by atoms with Crippen molar-refractivity contribution in [2.24, 2.45) is 0 Å². The first-order valence-electron chi connectivity index (χ1n) is 6.62. The molecule has 112 valence electrons. The predicted octanol–water partition coefficient (Wildman–Crippen LogP) is -1.18. The number of likely N-dealkylation sites (tertiary alicyclic amines) is 1. The molecule has 0 spiro atoms. The molecule has 2 rings (SSSR count). The second kappa shape index (κ2) is 6.29. The van der Waals surface area contributed by atoms with Gasteiger partial charge in [0, 0.05) is 25.5 Å². The molecule has 1 N–H and O–H groups in total. The van der Waals surface area contributed by atoms with Crippen LogP contribution in [-0.2, 0) is 20.9 Å². The van der Waals surface area contributed by atoms with Crippen LogP contribution in [0.25, 0.3) is 0 Å². The largest absolute Gasteiger partial charge is 0.353 e. The Hall–Kier alpha value is -2.51. The van der Waals surface area contributed by atoms with Gasteiger partial charge in [0.15, 0.2) is 0 Å². The van der Waals surface area contributed by atoms with E-state index in [1.165, 1.54) is 10.7 Å². The summed E-state index contributed by atoms with van der Waals surface area (Å²) in [6.07, 6.45) is 0.323. The summed E-state index contributed by atoms with van der Waals surface area (Å²) in [5.41, 5.74) is 0.453. The summed E-state index contributed by atoms with van der Waals surface area (Å²) in [6.45, 7) is 1.92. The number of nitrogens with one attached hydrogen (secondary N) is 1. The van der Waals surface area contributed by atoms with Gasteiger partial charge in [-0.3, -0.25) is 24.1 Å². The lowest BCUT2D eigenvalue weighted by Crippen LogP contribution is -2.41. The number of hydrogen-bond acceptors (Lipinski definition) is 5. The van der Waals surface area contributed by atoms with Crippen molar-refractivity contribution in [2.45, 2.75) is 26.3 Å². The third-order valence-corrected chi connectivity index (χ3v) is 3.10. The van der Waals surface area contributed by atoms with Crippen molar-refractivity contribution in [1.29, 1.82) is 0 Å². The number of aryl methyl sites for hydroxylation is 1. The molecule has 8 nitrogen and oxygen atoms in total. The Labute approximate surface area is 120 Å². The lowest BCUT2D eigenvalue weighted by Gasteiger charge is -2.13. The Balaban J connectivity index is 1.82. The standard InChI is InChI=1S/C13H16N4O4/c1-9-2-3-13(21)17(15-9)7-6-14-10(18)8-16-11(19)4-5-12(16)20/h2-3H,4-8H2,1H3,(H,14,18). The zero-order chi connectivity index (χ0) is 15.4. The van der Waals surface area contributed by atoms with Gasteiger partial charge in [0.2, 0.25) is 17.7 Å². The molecule has 1 aliphatic heterocycles. The molecule has 0 radical (unpaired) electrons. The highest BCUT2D eigenvalue weighted by atomic mass is 16.2. The van der Waals surface area contributed by atoms with E-state index in [1.54, 1.807) is 13.0 Å². The Morgan fingerprint density at radius 3 is 2.57 bits per heavy atom. The Morgan fingerprint density at radius 2 is 1.90 bits per heavy atom. The molecule has 0 unspecified atom stereocenters. The summed E-state index contributed by atoms with van der Waals surface area (Å²) in [7, 11) is 0. The minimum absolute atomic E-state index is 0.161. The number of carbonyl (C=O) groups is 3. The Morgan fingerprint density at radius 1 is 1.24 bits per heavy atom. The van der Waals surface area contributed by atoms with Crippen molar-refractivity contribution in [2.75, 3.05) is 13.1 Å². The van der Waals surface area contributed by atoms with Gasteiger partial charge < -0.3 is 5.32 Å². The van der Waals surface area contributed by atoms with E-state index in [4.69, 9.17) is 0 Å². The zero-order valence-corrected chi connectivity index (χ0v) is 11.7. The van der Waals surface area contributed by atoms with Gasteiger partial charge >= 0.3 is 0 Å². The van der Waals surface area contributed by atoms with Crippen molar-refractivity contribution in [3.8, 4) is 0 Å². The van der Waals surface area contributed by atoms with Crippen molar-refractivity contribution in [3.05, 3.63) is 28.2 Å². The van der Waals surface area contributed by atoms with E-state index in [9.17, 15) is 19.2 Å². The van der Waals surface area contributed by atoms with Crippen LogP contribution in [0.2, 0.25) is 0 Å². The molecule has 8 heteroatoms. The maximum absolute atomic E-state index is 11.7. The van der Waals surface area contributed by atoms with Gasteiger partial charge in [0.1, 0.15) is 6.54 Å². The van der Waals surface area contributed by atoms with Gasteiger partial charge in [-0.2, -0.15) is 5.10 Å². The summed E-state index contributed by atoms with van der Waals surface area (Å²) < 4.78 is 1.25. The van der Waals surface area contributed by atoms with E-state index in [0.29, 0.717) is 5.69 Å². The van der Waals surface area contributed by atoms with Gasteiger partial charge in [-0.1, -0.05) is 0 Å². The molecule has 0 aliphatic carbocycles. The Bertz CT molecular complexity index is 621. The molecular weight excluding hydrogens is 276 g/mol. The van der Waals surface area contributed by atoms with Gasteiger partial charge in [-0.25, -0.2) is 4.68 Å². The van der Waals surface area contributed by atoms with E-state index >= 15 is 0 Å². The number of hydrogen-bond donors (Lipinski definition) is 1. The molecule has 2 heterocycles. The van der Waals surface area contributed by atoms with Crippen molar-refractivity contribution < 1.29 is 14.4 Å². The highest BCUT2D eigenvalue weighted by Gasteiger charge is 2.30. The van der Waals surface area contributed by atoms with Crippen LogP contribution in [0, 0.1) is 6.92 Å². The summed E-state index contributed by atoms with van der Waals surface area (Å²) in [5, 5.41) is 6.59. The van der Waals surface area contributed by atoms with Crippen LogP contribution in [0.1, 0.15) is 18.5 Å². The number of rotatable bonds is 5. The van der Waals surface area contributed by atoms with Crippen LogP contribution in [0.3, 0.4) is 0 Å². The SMILES string of the molecule is Cc1ccc(=O)n(CCNC(=O)CN2C(=O)CCC2=O)n1. The topological polar surface area (TPSA) is 101 Å². The zero-order valence-electron chi connectivity index (χ0n) is 11.7. The lowest BCUT2D eigenvalue weighted by atomic mass is 10.4. The highest BCUT2D eigenvalue weighted by Crippen LogP contribution is 2.10. The fourth-order valence-corrected chi connectivity index (χ4v) is 2.01. The van der Waals surface area contributed by atoms with E-state index < -0.39 is 5.91 Å². The van der Waals surface area contributed by atoms with Gasteiger partial charge in [-0.15, -0.1) is 0 Å². The van der Waals surface area contributed by atoms with Crippen LogP contribution < -0.4 is 10.9 Å². The van der Waals surface area contributed by atoms with Crippen LogP contribution in [0.4, 0.5) is 0 Å². The van der Waals surface area contributed by atoms with Gasteiger partial charge in [0.25, 0.3) is 5.56 Å². The van der Waals surface area contributed by atoms with Crippen molar-refractivity contribution in [3.63, 3.8) is 0 Å². The lowest BCUT2D eigenvalue weighted by molar-refractivity contribution is -0.142. The quantitative estimate of drug-likeness (QED) is 0.688. The van der Waals surface area contributed by atoms with Crippen LogP contribution in [-0.4, -0.2) is 45.5 Å². The van der Waals surface area contributed by atoms with E-state index in [0.717, 1.165) is 4.90 Å². The molecule has 1 aliphatic rings. The first-order valence-corrected chi connectivity index (χ1v) is 6.62. The normalized spacial score (nSPS) is 14.6. The van der Waals surface area contributed by atoms with Crippen LogP contribution in [0.15, 0.2) is 16.9 Å². The van der Waals surface area contributed by atoms with Gasteiger partial charge in [0.05, 0.1) is 12.2 Å². The molecule has 1 aromatic heterocycles. The fraction of sp³-hybridized carbons (Fsp3) is 0.462. The summed E-state index contributed by atoms with van der Waals surface area (Å²) in [5.74, 6) is -1.09. The molecule has 0 aromatic carbocycles. The minimum Gasteiger partial charge on any atom is -0.353 e. The smallest absolute Gasteiger partial charge is 0.266 e. The number of aromatic nitrogens is 2. The molecule has 1 fully saturated rings. The number of nitrogens with zero attached hydrogens (tertiary/aromatic N) is 3. The van der Waals surface area contributed by atoms with Crippen molar-refractivity contribution >= 4 is 17.7 Å². The Kier molecular flexibility index (Phi) is 4.46. The van der Waals surface area contributed by atoms with Crippen LogP contribution >= 0.6 is 0 Å². The van der Waals surface area contributed by atoms with Gasteiger partial charge in [-0.05, 0) is 13.0 Å². The molecule has 0 bridgehead atoms. The van der Waals surface area contributed by atoms with Crippen molar-refractivity contribution in [1.82, 2.24) is 20.0 Å². The third kappa shape index (κ3) is 3.74. The highest BCUT2D eigenvalue weighted by molar-refractivity contribution is 6.04. The number of amides is 3. The molecule has 21 heavy (non-hydrogen) atoms. The molecular formula is C13H16N4O4. The minimum atomic E-state index is -0.431. The second-order valence-electron chi connectivity index (χ2n) is 4.76. The first-order chi connectivity index (χ1) is 9.97. The molecule has 1 saturated heterocycles. The summed E-state index contributed by atoms with van der Waals surface area (Å²) >= 11 is 0. The average molecular weight is 292 g/mol. The van der Waals surface area contributed by atoms with E-state index in [-0.39, 0.29) is 49.8 Å². The monoisotopic (exact) mass is 292 g/mol. The second-order valence-corrected chi connectivity index (χ2v) is 4.76. The predicted molar refractivity (Wildman–Crippen MR) is 72.2 cm³/mol.